The largest absolute Gasteiger partial charge is 0.507 e. The van der Waals surface area contributed by atoms with Crippen LogP contribution >= 0.6 is 27.3 Å². The van der Waals surface area contributed by atoms with Crippen molar-refractivity contribution in [3.05, 3.63) is 44.3 Å². The minimum Gasteiger partial charge on any atom is -0.507 e. The number of aromatic nitrogens is 1. The lowest BCUT2D eigenvalue weighted by atomic mass is 10.2. The number of aryl methyl sites for hydroxylation is 1. The van der Waals surface area contributed by atoms with Crippen molar-refractivity contribution >= 4 is 39.4 Å². The lowest BCUT2D eigenvalue weighted by Crippen LogP contribution is -2.19. The van der Waals surface area contributed by atoms with E-state index in [1.165, 1.54) is 17.6 Å². The molecule has 0 saturated heterocycles. The molecule has 0 aliphatic rings. The Morgan fingerprint density at radius 2 is 2.40 bits per heavy atom. The predicted octanol–water partition coefficient (Wildman–Crippen LogP) is 2.61. The fourth-order valence-corrected chi connectivity index (χ4v) is 2.49. The molecule has 0 atom stereocenters. The van der Waals surface area contributed by atoms with Crippen molar-refractivity contribution in [3.63, 3.8) is 0 Å². The minimum atomic E-state index is -0.249. The molecule has 5 nitrogen and oxygen atoms in total. The van der Waals surface area contributed by atoms with Gasteiger partial charge >= 0.3 is 0 Å². The van der Waals surface area contributed by atoms with E-state index in [1.54, 1.807) is 18.2 Å². The zero-order chi connectivity index (χ0) is 14.5. The molecule has 0 spiro atoms. The van der Waals surface area contributed by atoms with Gasteiger partial charge in [0.2, 0.25) is 5.91 Å². The van der Waals surface area contributed by atoms with Crippen molar-refractivity contribution < 1.29 is 9.90 Å². The van der Waals surface area contributed by atoms with Gasteiger partial charge in [0.1, 0.15) is 5.75 Å². The highest BCUT2D eigenvalue weighted by molar-refractivity contribution is 9.10. The van der Waals surface area contributed by atoms with Crippen LogP contribution in [0.2, 0.25) is 0 Å². The zero-order valence-corrected chi connectivity index (χ0v) is 13.0. The molecule has 7 heteroatoms. The summed E-state index contributed by atoms with van der Waals surface area (Å²) in [4.78, 5) is 15.8. The van der Waals surface area contributed by atoms with E-state index in [2.05, 4.69) is 31.4 Å². The monoisotopic (exact) mass is 353 g/mol. The molecule has 0 bridgehead atoms. The van der Waals surface area contributed by atoms with Crippen molar-refractivity contribution in [1.29, 1.82) is 0 Å². The van der Waals surface area contributed by atoms with Crippen molar-refractivity contribution in [1.82, 2.24) is 10.4 Å². The molecule has 0 radical (unpaired) electrons. The van der Waals surface area contributed by atoms with Gasteiger partial charge in [0.05, 0.1) is 23.3 Å². The van der Waals surface area contributed by atoms with Gasteiger partial charge in [-0.05, 0) is 25.1 Å². The Hall–Kier alpha value is -1.73. The second-order valence-corrected chi connectivity index (χ2v) is 6.01. The van der Waals surface area contributed by atoms with Gasteiger partial charge in [-0.2, -0.15) is 5.10 Å². The van der Waals surface area contributed by atoms with Gasteiger partial charge in [0.15, 0.2) is 0 Å². The number of hydrogen-bond acceptors (Lipinski definition) is 5. The van der Waals surface area contributed by atoms with Crippen LogP contribution in [0.1, 0.15) is 16.3 Å². The SMILES string of the molecule is Cc1nc(CC(=O)N/N=C/c2cc(Br)ccc2O)cs1. The van der Waals surface area contributed by atoms with Crippen LogP contribution in [0.4, 0.5) is 0 Å². The number of thiazole rings is 1. The Bertz CT molecular complexity index is 655. The summed E-state index contributed by atoms with van der Waals surface area (Å²) in [6.45, 7) is 1.89. The first-order valence-corrected chi connectivity index (χ1v) is 7.43. The number of nitrogens with zero attached hydrogens (tertiary/aromatic N) is 2. The number of phenolic OH excluding ortho intramolecular Hbond substituents is 1. The summed E-state index contributed by atoms with van der Waals surface area (Å²) in [6, 6.07) is 4.97. The maximum absolute atomic E-state index is 11.6. The van der Waals surface area contributed by atoms with Crippen LogP contribution in [0.3, 0.4) is 0 Å². The quantitative estimate of drug-likeness (QED) is 0.655. The van der Waals surface area contributed by atoms with E-state index in [4.69, 9.17) is 0 Å². The van der Waals surface area contributed by atoms with Crippen molar-refractivity contribution in [2.45, 2.75) is 13.3 Å². The number of rotatable bonds is 4. The Balaban J connectivity index is 1.92. The van der Waals surface area contributed by atoms with E-state index in [9.17, 15) is 9.90 Å². The molecule has 0 aliphatic carbocycles. The molecular weight excluding hydrogens is 342 g/mol. The van der Waals surface area contributed by atoms with Crippen molar-refractivity contribution in [2.75, 3.05) is 0 Å². The average molecular weight is 354 g/mol. The van der Waals surface area contributed by atoms with Gasteiger partial charge in [-0.25, -0.2) is 10.4 Å². The summed E-state index contributed by atoms with van der Waals surface area (Å²) in [6.07, 6.45) is 1.58. The molecule has 2 N–H and O–H groups in total. The highest BCUT2D eigenvalue weighted by Gasteiger charge is 2.05. The smallest absolute Gasteiger partial charge is 0.246 e. The van der Waals surface area contributed by atoms with E-state index in [0.29, 0.717) is 5.56 Å². The number of amides is 1. The second kappa shape index (κ2) is 6.62. The zero-order valence-electron chi connectivity index (χ0n) is 10.6. The number of hydrazone groups is 1. The number of phenols is 1. The van der Waals surface area contributed by atoms with Gasteiger partial charge in [-0.1, -0.05) is 15.9 Å². The van der Waals surface area contributed by atoms with Gasteiger partial charge < -0.3 is 5.11 Å². The van der Waals surface area contributed by atoms with Crippen LogP contribution in [0.15, 0.2) is 33.2 Å². The Morgan fingerprint density at radius 3 is 3.10 bits per heavy atom. The van der Waals surface area contributed by atoms with Crippen LogP contribution in [-0.4, -0.2) is 22.2 Å². The van der Waals surface area contributed by atoms with Crippen LogP contribution in [0.25, 0.3) is 0 Å². The van der Waals surface area contributed by atoms with Gasteiger partial charge in [0, 0.05) is 15.4 Å². The molecule has 2 rings (SSSR count). The number of carbonyl (C=O) groups is 1. The Labute approximate surface area is 128 Å². The molecule has 2 aromatic rings. The summed E-state index contributed by atoms with van der Waals surface area (Å²) in [5.41, 5.74) is 3.65. The van der Waals surface area contributed by atoms with E-state index in [0.717, 1.165) is 15.2 Å². The highest BCUT2D eigenvalue weighted by atomic mass is 79.9. The molecule has 0 unspecified atom stereocenters. The average Bonchev–Trinajstić information content (AvgIpc) is 2.79. The summed E-state index contributed by atoms with van der Waals surface area (Å²) in [5.74, 6) is -0.151. The van der Waals surface area contributed by atoms with Crippen LogP contribution in [0.5, 0.6) is 5.75 Å². The Morgan fingerprint density at radius 1 is 1.60 bits per heavy atom. The summed E-state index contributed by atoms with van der Waals surface area (Å²) in [7, 11) is 0. The van der Waals surface area contributed by atoms with E-state index < -0.39 is 0 Å². The predicted molar refractivity (Wildman–Crippen MR) is 82.1 cm³/mol. The lowest BCUT2D eigenvalue weighted by Gasteiger charge is -2.00. The number of carbonyl (C=O) groups excluding carboxylic acids is 1. The molecule has 0 fully saturated rings. The lowest BCUT2D eigenvalue weighted by molar-refractivity contribution is -0.120. The van der Waals surface area contributed by atoms with E-state index >= 15 is 0 Å². The number of aromatic hydroxyl groups is 1. The standard InChI is InChI=1S/C13H12BrN3O2S/c1-8-16-11(7-20-8)5-13(19)17-15-6-9-4-10(14)2-3-12(9)18/h2-4,6-7,18H,5H2,1H3,(H,17,19)/b15-6+. The molecule has 1 heterocycles. The third kappa shape index (κ3) is 4.14. The van der Waals surface area contributed by atoms with Gasteiger partial charge in [-0.15, -0.1) is 11.3 Å². The third-order valence-corrected chi connectivity index (χ3v) is 3.71. The maximum Gasteiger partial charge on any atom is 0.246 e. The molecule has 104 valence electrons. The first-order valence-electron chi connectivity index (χ1n) is 5.76. The summed E-state index contributed by atoms with van der Waals surface area (Å²) < 4.78 is 0.820. The van der Waals surface area contributed by atoms with Crippen LogP contribution in [-0.2, 0) is 11.2 Å². The van der Waals surface area contributed by atoms with Gasteiger partial charge in [-0.3, -0.25) is 4.79 Å². The van der Waals surface area contributed by atoms with Crippen LogP contribution in [0, 0.1) is 6.92 Å². The minimum absolute atomic E-state index is 0.0984. The normalized spacial score (nSPS) is 10.9. The molecule has 20 heavy (non-hydrogen) atoms. The van der Waals surface area contributed by atoms with E-state index in [1.807, 2.05) is 12.3 Å². The summed E-state index contributed by atoms with van der Waals surface area (Å²) in [5, 5.41) is 16.2. The van der Waals surface area contributed by atoms with Crippen molar-refractivity contribution in [3.8, 4) is 5.75 Å². The maximum atomic E-state index is 11.6. The topological polar surface area (TPSA) is 74.6 Å². The number of nitrogens with one attached hydrogen (secondary N) is 1. The van der Waals surface area contributed by atoms with E-state index in [-0.39, 0.29) is 18.1 Å². The molecule has 0 aliphatic heterocycles. The fraction of sp³-hybridized carbons (Fsp3) is 0.154. The van der Waals surface area contributed by atoms with Crippen LogP contribution < -0.4 is 5.43 Å². The highest BCUT2D eigenvalue weighted by Crippen LogP contribution is 2.19. The molecule has 1 amide bonds. The van der Waals surface area contributed by atoms with Gasteiger partial charge in [0.25, 0.3) is 0 Å². The fourth-order valence-electron chi connectivity index (χ4n) is 1.50. The molecular formula is C13H12BrN3O2S. The Kier molecular flexibility index (Phi) is 4.86. The second-order valence-electron chi connectivity index (χ2n) is 4.03. The first-order chi connectivity index (χ1) is 9.54. The molecule has 0 saturated carbocycles. The first kappa shape index (κ1) is 14.7. The number of hydrogen-bond donors (Lipinski definition) is 2. The number of benzene rings is 1. The third-order valence-electron chi connectivity index (χ3n) is 2.39. The number of halogens is 1. The van der Waals surface area contributed by atoms with Crippen molar-refractivity contribution in [2.24, 2.45) is 5.10 Å². The summed E-state index contributed by atoms with van der Waals surface area (Å²) >= 11 is 4.80. The molecule has 1 aromatic heterocycles. The molecule has 1 aromatic carbocycles.